The summed E-state index contributed by atoms with van der Waals surface area (Å²) in [6.45, 7) is 1.62. The highest BCUT2D eigenvalue weighted by atomic mass is 19.4. The Kier molecular flexibility index (Phi) is 6.69. The molecule has 2 aromatic carbocycles. The topological polar surface area (TPSA) is 88.7 Å². The van der Waals surface area contributed by atoms with Gasteiger partial charge in [0.1, 0.15) is 17.2 Å². The van der Waals surface area contributed by atoms with Crippen molar-refractivity contribution in [2.75, 3.05) is 18.0 Å². The predicted molar refractivity (Wildman–Crippen MR) is 143 cm³/mol. The lowest BCUT2D eigenvalue weighted by Crippen LogP contribution is -2.33. The summed E-state index contributed by atoms with van der Waals surface area (Å²) in [4.78, 5) is 17.7. The Labute approximate surface area is 227 Å². The van der Waals surface area contributed by atoms with Crippen molar-refractivity contribution in [1.29, 1.82) is 0 Å². The van der Waals surface area contributed by atoms with Crippen LogP contribution in [0.5, 0.6) is 5.75 Å². The van der Waals surface area contributed by atoms with Gasteiger partial charge in [0.05, 0.1) is 0 Å². The number of anilines is 1. The van der Waals surface area contributed by atoms with Crippen molar-refractivity contribution in [2.45, 2.75) is 38.0 Å². The summed E-state index contributed by atoms with van der Waals surface area (Å²) in [5.74, 6) is -0.158. The summed E-state index contributed by atoms with van der Waals surface area (Å²) in [5.41, 5.74) is 2.36. The second kappa shape index (κ2) is 10.3. The molecular weight excluding hydrogens is 523 g/mol. The average molecular weight is 550 g/mol. The maximum Gasteiger partial charge on any atom is 0.573 e. The van der Waals surface area contributed by atoms with Crippen LogP contribution in [0.2, 0.25) is 0 Å². The van der Waals surface area contributed by atoms with Gasteiger partial charge in [-0.3, -0.25) is 0 Å². The Balaban J connectivity index is 1.20. The maximum atomic E-state index is 13.0. The number of hydrogen-bond donors (Lipinski definition) is 1. The number of carboxylic acids is 1. The van der Waals surface area contributed by atoms with E-state index in [0.717, 1.165) is 49.8 Å². The predicted octanol–water partition coefficient (Wildman–Crippen LogP) is 7.29. The molecule has 4 aromatic rings. The van der Waals surface area contributed by atoms with Crippen LogP contribution in [-0.4, -0.2) is 40.7 Å². The first-order valence-corrected chi connectivity index (χ1v) is 13.2. The van der Waals surface area contributed by atoms with Gasteiger partial charge in [0.15, 0.2) is 5.69 Å². The van der Waals surface area contributed by atoms with Crippen molar-refractivity contribution >= 4 is 28.5 Å². The van der Waals surface area contributed by atoms with Gasteiger partial charge in [-0.1, -0.05) is 29.4 Å². The number of para-hydroxylation sites is 1. The van der Waals surface area contributed by atoms with Crippen LogP contribution in [-0.2, 0) is 0 Å². The number of alkyl halides is 3. The van der Waals surface area contributed by atoms with Crippen LogP contribution in [0.4, 0.5) is 18.9 Å². The molecule has 7 nitrogen and oxygen atoms in total. The number of halogens is 3. The van der Waals surface area contributed by atoms with Crippen LogP contribution < -0.4 is 9.64 Å². The molecule has 40 heavy (non-hydrogen) atoms. The van der Waals surface area contributed by atoms with Crippen molar-refractivity contribution in [3.8, 4) is 17.0 Å². The molecule has 3 heterocycles. The first-order valence-electron chi connectivity index (χ1n) is 13.2. The van der Waals surface area contributed by atoms with E-state index >= 15 is 0 Å². The third kappa shape index (κ3) is 5.38. The third-order valence-electron chi connectivity index (χ3n) is 7.46. The zero-order chi connectivity index (χ0) is 27.9. The van der Waals surface area contributed by atoms with Gasteiger partial charge in [0.2, 0.25) is 0 Å². The lowest BCUT2D eigenvalue weighted by molar-refractivity contribution is -0.274. The van der Waals surface area contributed by atoms with Crippen molar-refractivity contribution < 1.29 is 32.3 Å². The van der Waals surface area contributed by atoms with E-state index in [-0.39, 0.29) is 28.8 Å². The summed E-state index contributed by atoms with van der Waals surface area (Å²) in [7, 11) is 0. The van der Waals surface area contributed by atoms with Gasteiger partial charge in [-0.2, -0.15) is 0 Å². The van der Waals surface area contributed by atoms with E-state index in [0.29, 0.717) is 22.4 Å². The summed E-state index contributed by atoms with van der Waals surface area (Å²) in [5, 5.41) is 15.0. The number of allylic oxidation sites excluding steroid dienone is 1. The van der Waals surface area contributed by atoms with E-state index in [2.05, 4.69) is 25.9 Å². The number of carbonyl (C=O) groups is 1. The molecule has 0 radical (unpaired) electrons. The van der Waals surface area contributed by atoms with Gasteiger partial charge in [-0.15, -0.1) is 13.2 Å². The zero-order valence-electron chi connectivity index (χ0n) is 21.4. The Morgan fingerprint density at radius 2 is 1.85 bits per heavy atom. The quantitative estimate of drug-likeness (QED) is 0.259. The molecule has 1 saturated carbocycles. The lowest BCUT2D eigenvalue weighted by Gasteiger charge is -2.32. The van der Waals surface area contributed by atoms with Gasteiger partial charge in [-0.05, 0) is 73.4 Å². The van der Waals surface area contributed by atoms with E-state index < -0.39 is 12.3 Å². The molecule has 2 aliphatic rings. The standard InChI is InChI=1S/C30H26F3N3O4/c31-30(32,33)39-25-4-2-1-3-23(25)26-24(28(40-35-26)19-6-7-19)9-5-18-12-15-36(16-13-18)21-8-10-22-20(17-21)11-14-34-27(22)29(37)38/h1-5,8-11,14,17-19H,6-7,12-13,15-16H2,(H,37,38). The Morgan fingerprint density at radius 1 is 1.07 bits per heavy atom. The summed E-state index contributed by atoms with van der Waals surface area (Å²) in [6, 6.07) is 13.5. The average Bonchev–Trinajstić information content (AvgIpc) is 3.70. The number of fused-ring (bicyclic) bond motifs is 1. The lowest BCUT2D eigenvalue weighted by atomic mass is 9.94. The number of nitrogens with zero attached hydrogens (tertiary/aromatic N) is 3. The Bertz CT molecular complexity index is 1580. The minimum atomic E-state index is -4.82. The number of aromatic nitrogens is 2. The molecule has 1 saturated heterocycles. The SMILES string of the molecule is O=C(O)c1nccc2cc(N3CCC(C=Cc4c(-c5ccccc5OC(F)(F)F)noc4C4CC4)CC3)ccc12. The smallest absolute Gasteiger partial charge is 0.476 e. The molecule has 1 N–H and O–H groups in total. The van der Waals surface area contributed by atoms with Crippen LogP contribution in [0.25, 0.3) is 28.1 Å². The monoisotopic (exact) mass is 549 g/mol. The summed E-state index contributed by atoms with van der Waals surface area (Å²) >= 11 is 0. The van der Waals surface area contributed by atoms with Crippen molar-refractivity contribution in [1.82, 2.24) is 10.1 Å². The normalized spacial score (nSPS) is 16.6. The number of hydrogen-bond acceptors (Lipinski definition) is 6. The van der Waals surface area contributed by atoms with E-state index in [1.165, 1.54) is 18.3 Å². The van der Waals surface area contributed by atoms with Gasteiger partial charge in [0.25, 0.3) is 0 Å². The largest absolute Gasteiger partial charge is 0.573 e. The fraction of sp³-hybridized carbons (Fsp3) is 0.300. The highest BCUT2D eigenvalue weighted by molar-refractivity contribution is 6.02. The van der Waals surface area contributed by atoms with Gasteiger partial charge < -0.3 is 19.3 Å². The van der Waals surface area contributed by atoms with Crippen molar-refractivity contribution in [2.24, 2.45) is 5.92 Å². The minimum Gasteiger partial charge on any atom is -0.476 e. The molecule has 1 aliphatic carbocycles. The van der Waals surface area contributed by atoms with E-state index in [1.54, 1.807) is 18.2 Å². The summed E-state index contributed by atoms with van der Waals surface area (Å²) < 4.78 is 49.0. The van der Waals surface area contributed by atoms with Crippen LogP contribution in [0.15, 0.2) is 65.3 Å². The Morgan fingerprint density at radius 3 is 2.58 bits per heavy atom. The highest BCUT2D eigenvalue weighted by Crippen LogP contribution is 2.46. The third-order valence-corrected chi connectivity index (χ3v) is 7.46. The van der Waals surface area contributed by atoms with E-state index in [9.17, 15) is 23.1 Å². The first kappa shape index (κ1) is 25.9. The van der Waals surface area contributed by atoms with Crippen LogP contribution in [0, 0.1) is 5.92 Å². The number of pyridine rings is 1. The van der Waals surface area contributed by atoms with Crippen molar-refractivity contribution in [3.05, 3.63) is 77.8 Å². The molecule has 0 bridgehead atoms. The summed E-state index contributed by atoms with van der Waals surface area (Å²) in [6.07, 6.45) is 4.45. The number of carboxylic acid groups (broad SMARTS) is 1. The zero-order valence-corrected chi connectivity index (χ0v) is 21.4. The molecule has 6 rings (SSSR count). The molecule has 0 spiro atoms. The molecule has 10 heteroatoms. The molecule has 1 aliphatic heterocycles. The van der Waals surface area contributed by atoms with Crippen LogP contribution >= 0.6 is 0 Å². The number of ether oxygens (including phenoxy) is 1. The van der Waals surface area contributed by atoms with Gasteiger partial charge >= 0.3 is 12.3 Å². The fourth-order valence-electron chi connectivity index (χ4n) is 5.30. The molecule has 0 amide bonds. The second-order valence-corrected chi connectivity index (χ2v) is 10.2. The van der Waals surface area contributed by atoms with E-state index in [1.807, 2.05) is 24.3 Å². The number of aromatic carboxylic acids is 1. The number of benzene rings is 2. The molecule has 206 valence electrons. The van der Waals surface area contributed by atoms with Crippen LogP contribution in [0.3, 0.4) is 0 Å². The second-order valence-electron chi connectivity index (χ2n) is 10.2. The molecule has 0 unspecified atom stereocenters. The first-order chi connectivity index (χ1) is 19.3. The number of piperidine rings is 1. The fourth-order valence-corrected chi connectivity index (χ4v) is 5.30. The van der Waals surface area contributed by atoms with Gasteiger partial charge in [0, 0.05) is 47.4 Å². The molecule has 0 atom stereocenters. The van der Waals surface area contributed by atoms with Crippen LogP contribution in [0.1, 0.15) is 53.4 Å². The highest BCUT2D eigenvalue weighted by Gasteiger charge is 2.35. The van der Waals surface area contributed by atoms with E-state index in [4.69, 9.17) is 4.52 Å². The minimum absolute atomic E-state index is 0.0409. The Hall–Kier alpha value is -4.34. The van der Waals surface area contributed by atoms with Gasteiger partial charge in [-0.25, -0.2) is 9.78 Å². The maximum absolute atomic E-state index is 13.0. The van der Waals surface area contributed by atoms with Crippen molar-refractivity contribution in [3.63, 3.8) is 0 Å². The number of rotatable bonds is 7. The molecule has 2 aromatic heterocycles. The molecular formula is C30H26F3N3O4. The molecule has 2 fully saturated rings.